The Bertz CT molecular complexity index is 506. The van der Waals surface area contributed by atoms with E-state index in [1.807, 2.05) is 24.0 Å². The van der Waals surface area contributed by atoms with Crippen molar-refractivity contribution in [2.45, 2.75) is 6.54 Å². The number of thiophene rings is 1. The monoisotopic (exact) mass is 319 g/mol. The second kappa shape index (κ2) is 4.87. The number of nitrogens with zero attached hydrogens (tertiary/aromatic N) is 2. The maximum absolute atomic E-state index is 6.16. The van der Waals surface area contributed by atoms with Crippen LogP contribution >= 0.6 is 38.9 Å². The van der Waals surface area contributed by atoms with Gasteiger partial charge in [0.1, 0.15) is 5.82 Å². The minimum absolute atomic E-state index is 0.558. The molecule has 2 aromatic rings. The first-order valence-corrected chi connectivity index (χ1v) is 6.78. The van der Waals surface area contributed by atoms with Gasteiger partial charge in [0.25, 0.3) is 0 Å². The minimum Gasteiger partial charge on any atom is -0.328 e. The predicted octanol–water partition coefficient (Wildman–Crippen LogP) is 3.28. The zero-order chi connectivity index (χ0) is 11.7. The molecule has 0 unspecified atom stereocenters. The number of nitrogens with one attached hydrogen (secondary N) is 1. The van der Waals surface area contributed by atoms with Crippen molar-refractivity contribution in [3.05, 3.63) is 26.9 Å². The Labute approximate surface area is 112 Å². The lowest BCUT2D eigenvalue weighted by molar-refractivity contribution is 0.712. The molecule has 0 bridgehead atoms. The maximum atomic E-state index is 6.16. The molecule has 6 heteroatoms. The summed E-state index contributed by atoms with van der Waals surface area (Å²) in [6.45, 7) is 0.711. The van der Waals surface area contributed by atoms with E-state index in [0.29, 0.717) is 11.7 Å². The Hall–Kier alpha value is -0.360. The van der Waals surface area contributed by atoms with Gasteiger partial charge in [0.15, 0.2) is 5.15 Å². The van der Waals surface area contributed by atoms with E-state index < -0.39 is 0 Å². The number of rotatable bonds is 3. The van der Waals surface area contributed by atoms with Crippen LogP contribution in [0.25, 0.3) is 10.6 Å². The van der Waals surface area contributed by atoms with Crippen LogP contribution in [0.3, 0.4) is 0 Å². The second-order valence-electron chi connectivity index (χ2n) is 3.39. The molecular formula is C10H11BrClN3S. The van der Waals surface area contributed by atoms with E-state index in [9.17, 15) is 0 Å². The molecule has 0 aliphatic rings. The van der Waals surface area contributed by atoms with Crippen molar-refractivity contribution in [1.29, 1.82) is 0 Å². The van der Waals surface area contributed by atoms with Crippen LogP contribution in [-0.2, 0) is 13.6 Å². The van der Waals surface area contributed by atoms with Crippen molar-refractivity contribution in [3.8, 4) is 10.6 Å². The van der Waals surface area contributed by atoms with Crippen molar-refractivity contribution in [3.63, 3.8) is 0 Å². The van der Waals surface area contributed by atoms with E-state index in [-0.39, 0.29) is 0 Å². The van der Waals surface area contributed by atoms with Gasteiger partial charge in [0.2, 0.25) is 0 Å². The fourth-order valence-electron chi connectivity index (χ4n) is 1.53. The van der Waals surface area contributed by atoms with Crippen LogP contribution in [0.5, 0.6) is 0 Å². The number of hydrogen-bond donors (Lipinski definition) is 1. The van der Waals surface area contributed by atoms with E-state index in [0.717, 1.165) is 20.9 Å². The van der Waals surface area contributed by atoms with Crippen LogP contribution in [0, 0.1) is 0 Å². The molecule has 0 saturated heterocycles. The van der Waals surface area contributed by atoms with Gasteiger partial charge in [-0.15, -0.1) is 11.3 Å². The van der Waals surface area contributed by atoms with Crippen molar-refractivity contribution < 1.29 is 0 Å². The average molecular weight is 321 g/mol. The third-order valence-electron chi connectivity index (χ3n) is 2.28. The fourth-order valence-corrected chi connectivity index (χ4v) is 3.42. The third kappa shape index (κ3) is 2.18. The highest BCUT2D eigenvalue weighted by Gasteiger charge is 2.15. The van der Waals surface area contributed by atoms with Gasteiger partial charge in [-0.25, -0.2) is 4.98 Å². The largest absolute Gasteiger partial charge is 0.328 e. The van der Waals surface area contributed by atoms with Gasteiger partial charge >= 0.3 is 0 Å². The number of halogens is 2. The summed E-state index contributed by atoms with van der Waals surface area (Å²) in [4.78, 5) is 5.46. The number of imidazole rings is 1. The number of hydrogen-bond acceptors (Lipinski definition) is 3. The molecule has 3 nitrogen and oxygen atoms in total. The predicted molar refractivity (Wildman–Crippen MR) is 72.0 cm³/mol. The summed E-state index contributed by atoms with van der Waals surface area (Å²) in [6, 6.07) is 2.05. The standard InChI is InChI=1S/C10H11BrClN3S/c1-13-4-8-14-10(12)9(15(8)2)7-3-6(11)5-16-7/h3,5,13H,4H2,1-2H3. The van der Waals surface area contributed by atoms with Gasteiger partial charge in [-0.2, -0.15) is 0 Å². The fraction of sp³-hybridized carbons (Fsp3) is 0.300. The summed E-state index contributed by atoms with van der Waals surface area (Å²) in [5, 5.41) is 5.67. The van der Waals surface area contributed by atoms with Crippen molar-refractivity contribution >= 4 is 38.9 Å². The first-order valence-electron chi connectivity index (χ1n) is 4.73. The summed E-state index contributed by atoms with van der Waals surface area (Å²) in [5.41, 5.74) is 0.975. The molecule has 2 aromatic heterocycles. The van der Waals surface area contributed by atoms with Crippen LogP contribution in [-0.4, -0.2) is 16.6 Å². The molecule has 0 saturated carbocycles. The van der Waals surface area contributed by atoms with Crippen molar-refractivity contribution in [1.82, 2.24) is 14.9 Å². The Morgan fingerprint density at radius 2 is 2.38 bits per heavy atom. The topological polar surface area (TPSA) is 29.9 Å². The molecule has 2 heterocycles. The van der Waals surface area contributed by atoms with Gasteiger partial charge < -0.3 is 9.88 Å². The summed E-state index contributed by atoms with van der Waals surface area (Å²) in [7, 11) is 3.87. The van der Waals surface area contributed by atoms with Crippen LogP contribution in [0.4, 0.5) is 0 Å². The Morgan fingerprint density at radius 1 is 1.62 bits per heavy atom. The summed E-state index contributed by atoms with van der Waals surface area (Å²) < 4.78 is 3.09. The maximum Gasteiger partial charge on any atom is 0.156 e. The Balaban J connectivity index is 2.48. The molecule has 0 aliphatic heterocycles. The van der Waals surface area contributed by atoms with Crippen molar-refractivity contribution in [2.75, 3.05) is 7.05 Å². The molecule has 0 fully saturated rings. The highest BCUT2D eigenvalue weighted by molar-refractivity contribution is 9.10. The first-order chi connectivity index (χ1) is 7.63. The Morgan fingerprint density at radius 3 is 2.94 bits per heavy atom. The molecule has 0 aliphatic carbocycles. The SMILES string of the molecule is CNCc1nc(Cl)c(-c2cc(Br)cs2)n1C. The lowest BCUT2D eigenvalue weighted by Crippen LogP contribution is -2.10. The molecule has 86 valence electrons. The van der Waals surface area contributed by atoms with Crippen LogP contribution in [0.1, 0.15) is 5.82 Å². The molecule has 0 radical (unpaired) electrons. The quantitative estimate of drug-likeness (QED) is 0.940. The normalized spacial score (nSPS) is 11.0. The van der Waals surface area contributed by atoms with Gasteiger partial charge in [0, 0.05) is 16.9 Å². The highest BCUT2D eigenvalue weighted by Crippen LogP contribution is 2.34. The molecule has 0 aromatic carbocycles. The average Bonchev–Trinajstić information content (AvgIpc) is 2.74. The molecule has 1 N–H and O–H groups in total. The Kier molecular flexibility index (Phi) is 3.69. The zero-order valence-electron chi connectivity index (χ0n) is 8.92. The highest BCUT2D eigenvalue weighted by atomic mass is 79.9. The molecule has 16 heavy (non-hydrogen) atoms. The molecule has 0 spiro atoms. The molecule has 0 atom stereocenters. The lowest BCUT2D eigenvalue weighted by atomic mass is 10.4. The first kappa shape index (κ1) is 12.1. The summed E-state index contributed by atoms with van der Waals surface area (Å²) in [6.07, 6.45) is 0. The minimum atomic E-state index is 0.558. The van der Waals surface area contributed by atoms with Gasteiger partial charge in [-0.1, -0.05) is 11.6 Å². The molecule has 0 amide bonds. The van der Waals surface area contributed by atoms with Crippen molar-refractivity contribution in [2.24, 2.45) is 7.05 Å². The van der Waals surface area contributed by atoms with E-state index in [4.69, 9.17) is 11.6 Å². The van der Waals surface area contributed by atoms with Crippen LogP contribution in [0.2, 0.25) is 5.15 Å². The van der Waals surface area contributed by atoms with Crippen LogP contribution < -0.4 is 5.32 Å². The zero-order valence-corrected chi connectivity index (χ0v) is 12.1. The summed E-state index contributed by atoms with van der Waals surface area (Å²) in [5.74, 6) is 0.937. The van der Waals surface area contributed by atoms with E-state index in [2.05, 4.69) is 32.3 Å². The summed E-state index contributed by atoms with van der Waals surface area (Å²) >= 11 is 11.3. The van der Waals surface area contributed by atoms with Gasteiger partial charge in [-0.3, -0.25) is 0 Å². The van der Waals surface area contributed by atoms with Crippen LogP contribution in [0.15, 0.2) is 15.9 Å². The van der Waals surface area contributed by atoms with E-state index in [1.165, 1.54) is 0 Å². The number of aromatic nitrogens is 2. The smallest absolute Gasteiger partial charge is 0.156 e. The molecular weight excluding hydrogens is 310 g/mol. The second-order valence-corrected chi connectivity index (χ2v) is 5.57. The van der Waals surface area contributed by atoms with E-state index in [1.54, 1.807) is 11.3 Å². The lowest BCUT2D eigenvalue weighted by Gasteiger charge is -2.03. The van der Waals surface area contributed by atoms with Gasteiger partial charge in [0.05, 0.1) is 17.1 Å². The van der Waals surface area contributed by atoms with Gasteiger partial charge in [-0.05, 0) is 29.0 Å². The van der Waals surface area contributed by atoms with E-state index >= 15 is 0 Å². The third-order valence-corrected chi connectivity index (χ3v) is 4.24. The molecule has 2 rings (SSSR count).